The normalized spacial score (nSPS) is 10.6. The lowest BCUT2D eigenvalue weighted by atomic mass is 10.1. The molecule has 8 nitrogen and oxygen atoms in total. The third kappa shape index (κ3) is 6.75. The van der Waals surface area contributed by atoms with Crippen molar-refractivity contribution < 1.29 is 28.2 Å². The van der Waals surface area contributed by atoms with E-state index in [0.717, 1.165) is 5.56 Å². The van der Waals surface area contributed by atoms with Gasteiger partial charge < -0.3 is 28.4 Å². The highest BCUT2D eigenvalue weighted by Crippen LogP contribution is 2.27. The molecule has 2 rings (SSSR count). The molecule has 8 heteroatoms. The van der Waals surface area contributed by atoms with Crippen LogP contribution in [0.15, 0.2) is 34.9 Å². The van der Waals surface area contributed by atoms with E-state index in [4.69, 9.17) is 18.6 Å². The smallest absolute Gasteiger partial charge is 0.257 e. The van der Waals surface area contributed by atoms with Gasteiger partial charge in [-0.05, 0) is 37.1 Å². The van der Waals surface area contributed by atoms with Gasteiger partial charge in [0.1, 0.15) is 5.76 Å². The third-order valence-electron chi connectivity index (χ3n) is 5.15. The van der Waals surface area contributed by atoms with Crippen molar-refractivity contribution in [3.8, 4) is 11.5 Å². The van der Waals surface area contributed by atoms with Crippen LogP contribution in [0.1, 0.15) is 28.1 Å². The summed E-state index contributed by atoms with van der Waals surface area (Å²) < 4.78 is 20.9. The van der Waals surface area contributed by atoms with Crippen molar-refractivity contribution in [3.05, 3.63) is 47.4 Å². The molecule has 0 aliphatic carbocycles. The molecular weight excluding hydrogens is 400 g/mol. The van der Waals surface area contributed by atoms with Crippen LogP contribution in [0.5, 0.6) is 11.5 Å². The Morgan fingerprint density at radius 3 is 2.35 bits per heavy atom. The first-order chi connectivity index (χ1) is 14.9. The fraction of sp³-hybridized carbons (Fsp3) is 0.478. The zero-order chi connectivity index (χ0) is 22.8. The van der Waals surface area contributed by atoms with Gasteiger partial charge in [0, 0.05) is 40.2 Å². The molecule has 0 radical (unpaired) electrons. The molecule has 0 spiro atoms. The summed E-state index contributed by atoms with van der Waals surface area (Å²) >= 11 is 0. The highest BCUT2D eigenvalue weighted by Gasteiger charge is 2.21. The number of rotatable bonds is 12. The molecule has 0 bridgehead atoms. The molecule has 0 unspecified atom stereocenters. The predicted molar refractivity (Wildman–Crippen MR) is 117 cm³/mol. The molecule has 2 amide bonds. The van der Waals surface area contributed by atoms with Crippen LogP contribution < -0.4 is 9.47 Å². The minimum absolute atomic E-state index is 0.0281. The average Bonchev–Trinajstić information content (AvgIpc) is 3.22. The summed E-state index contributed by atoms with van der Waals surface area (Å²) in [4.78, 5) is 28.7. The number of amides is 2. The Balaban J connectivity index is 1.91. The molecule has 0 saturated heterocycles. The van der Waals surface area contributed by atoms with Crippen molar-refractivity contribution in [2.75, 3.05) is 54.6 Å². The van der Waals surface area contributed by atoms with Crippen LogP contribution in [0.2, 0.25) is 0 Å². The highest BCUT2D eigenvalue weighted by molar-refractivity contribution is 5.95. The van der Waals surface area contributed by atoms with Crippen molar-refractivity contribution in [2.45, 2.75) is 19.8 Å². The van der Waals surface area contributed by atoms with Crippen LogP contribution in [-0.4, -0.2) is 76.2 Å². The van der Waals surface area contributed by atoms with E-state index in [0.29, 0.717) is 55.5 Å². The lowest BCUT2D eigenvalue weighted by molar-refractivity contribution is -0.130. The number of methoxy groups -OCH3 is 3. The topological polar surface area (TPSA) is 81.5 Å². The molecule has 0 saturated carbocycles. The first-order valence-electron chi connectivity index (χ1n) is 10.2. The molecule has 1 aromatic carbocycles. The van der Waals surface area contributed by atoms with Crippen LogP contribution in [-0.2, 0) is 16.0 Å². The standard InChI is InChI=1S/C23H32N2O6/c1-17-19(10-14-31-17)23(27)25(13-15-28-3)12-9-22(26)24(2)11-8-18-6-7-20(29-4)21(16-18)30-5/h6-7,10,14,16H,8-9,11-13,15H2,1-5H3. The van der Waals surface area contributed by atoms with E-state index >= 15 is 0 Å². The lowest BCUT2D eigenvalue weighted by Crippen LogP contribution is -2.38. The van der Waals surface area contributed by atoms with Gasteiger partial charge >= 0.3 is 0 Å². The molecule has 0 aliphatic heterocycles. The van der Waals surface area contributed by atoms with E-state index in [2.05, 4.69) is 0 Å². The second-order valence-corrected chi connectivity index (χ2v) is 7.18. The molecule has 1 heterocycles. The molecule has 1 aromatic heterocycles. The number of carbonyl (C=O) groups excluding carboxylic acids is 2. The fourth-order valence-corrected chi connectivity index (χ4v) is 3.17. The first-order valence-corrected chi connectivity index (χ1v) is 10.2. The van der Waals surface area contributed by atoms with E-state index in [1.807, 2.05) is 18.2 Å². The predicted octanol–water partition coefficient (Wildman–Crippen LogP) is 2.79. The Kier molecular flexibility index (Phi) is 9.40. The fourth-order valence-electron chi connectivity index (χ4n) is 3.17. The van der Waals surface area contributed by atoms with Crippen molar-refractivity contribution in [1.29, 1.82) is 0 Å². The van der Waals surface area contributed by atoms with Gasteiger partial charge in [-0.1, -0.05) is 6.07 Å². The monoisotopic (exact) mass is 432 g/mol. The van der Waals surface area contributed by atoms with Crippen molar-refractivity contribution in [1.82, 2.24) is 9.80 Å². The molecule has 0 N–H and O–H groups in total. The molecular formula is C23H32N2O6. The Hall–Kier alpha value is -3.00. The van der Waals surface area contributed by atoms with Crippen LogP contribution >= 0.6 is 0 Å². The van der Waals surface area contributed by atoms with Crippen LogP contribution in [0.4, 0.5) is 0 Å². The Bertz CT molecular complexity index is 864. The van der Waals surface area contributed by atoms with Crippen molar-refractivity contribution >= 4 is 11.8 Å². The minimum Gasteiger partial charge on any atom is -0.493 e. The Morgan fingerprint density at radius 1 is 1.00 bits per heavy atom. The number of nitrogens with zero attached hydrogens (tertiary/aromatic N) is 2. The molecule has 0 atom stereocenters. The first kappa shape index (κ1) is 24.3. The summed E-state index contributed by atoms with van der Waals surface area (Å²) in [6, 6.07) is 7.37. The Labute approximate surface area is 183 Å². The van der Waals surface area contributed by atoms with Gasteiger partial charge in [-0.2, -0.15) is 0 Å². The zero-order valence-corrected chi connectivity index (χ0v) is 19.0. The number of carbonyl (C=O) groups is 2. The third-order valence-corrected chi connectivity index (χ3v) is 5.15. The summed E-state index contributed by atoms with van der Waals surface area (Å²) in [5.74, 6) is 1.70. The van der Waals surface area contributed by atoms with E-state index in [1.165, 1.54) is 6.26 Å². The van der Waals surface area contributed by atoms with Crippen LogP contribution in [0.3, 0.4) is 0 Å². The van der Waals surface area contributed by atoms with Crippen LogP contribution in [0, 0.1) is 6.92 Å². The van der Waals surface area contributed by atoms with Gasteiger partial charge in [-0.3, -0.25) is 9.59 Å². The number of ether oxygens (including phenoxy) is 3. The quantitative estimate of drug-likeness (QED) is 0.513. The number of furan rings is 1. The largest absolute Gasteiger partial charge is 0.493 e. The molecule has 0 aliphatic rings. The van der Waals surface area contributed by atoms with Crippen molar-refractivity contribution in [3.63, 3.8) is 0 Å². The van der Waals surface area contributed by atoms with E-state index in [9.17, 15) is 9.59 Å². The number of likely N-dealkylation sites (N-methyl/N-ethyl adjacent to an activating group) is 1. The average molecular weight is 433 g/mol. The molecule has 31 heavy (non-hydrogen) atoms. The molecule has 170 valence electrons. The Morgan fingerprint density at radius 2 is 1.74 bits per heavy atom. The van der Waals surface area contributed by atoms with Gasteiger partial charge in [0.05, 0.1) is 32.7 Å². The summed E-state index contributed by atoms with van der Waals surface area (Å²) in [5, 5.41) is 0. The number of aryl methyl sites for hydroxylation is 1. The van der Waals surface area contributed by atoms with Crippen LogP contribution in [0.25, 0.3) is 0 Å². The van der Waals surface area contributed by atoms with E-state index in [1.54, 1.807) is 51.2 Å². The minimum atomic E-state index is -0.163. The SMILES string of the molecule is COCCN(CCC(=O)N(C)CCc1ccc(OC)c(OC)c1)C(=O)c1ccoc1C. The second-order valence-electron chi connectivity index (χ2n) is 7.18. The zero-order valence-electron chi connectivity index (χ0n) is 19.0. The van der Waals surface area contributed by atoms with Gasteiger partial charge in [0.2, 0.25) is 5.91 Å². The highest BCUT2D eigenvalue weighted by atomic mass is 16.5. The van der Waals surface area contributed by atoms with Gasteiger partial charge in [0.25, 0.3) is 5.91 Å². The molecule has 2 aromatic rings. The molecule has 0 fully saturated rings. The summed E-state index contributed by atoms with van der Waals surface area (Å²) in [6.07, 6.45) is 2.40. The second kappa shape index (κ2) is 12.0. The van der Waals surface area contributed by atoms with Gasteiger partial charge in [-0.25, -0.2) is 0 Å². The number of hydrogen-bond donors (Lipinski definition) is 0. The van der Waals surface area contributed by atoms with Gasteiger partial charge in [0.15, 0.2) is 11.5 Å². The van der Waals surface area contributed by atoms with E-state index in [-0.39, 0.29) is 18.2 Å². The maximum atomic E-state index is 12.8. The summed E-state index contributed by atoms with van der Waals surface area (Å²) in [5.41, 5.74) is 1.55. The summed E-state index contributed by atoms with van der Waals surface area (Å²) in [7, 11) is 6.54. The number of hydrogen-bond acceptors (Lipinski definition) is 6. The number of benzene rings is 1. The maximum absolute atomic E-state index is 12.8. The lowest BCUT2D eigenvalue weighted by Gasteiger charge is -2.24. The summed E-state index contributed by atoms with van der Waals surface area (Å²) in [6.45, 7) is 3.41. The maximum Gasteiger partial charge on any atom is 0.257 e. The van der Waals surface area contributed by atoms with E-state index < -0.39 is 0 Å². The van der Waals surface area contributed by atoms with Crippen molar-refractivity contribution in [2.24, 2.45) is 0 Å². The van der Waals surface area contributed by atoms with Gasteiger partial charge in [-0.15, -0.1) is 0 Å².